The number of nitrogens with one attached hydrogen (secondary N) is 2. The van der Waals surface area contributed by atoms with Crippen LogP contribution in [-0.2, 0) is 20.7 Å². The highest BCUT2D eigenvalue weighted by molar-refractivity contribution is 6.00. The van der Waals surface area contributed by atoms with Crippen LogP contribution in [-0.4, -0.2) is 42.4 Å². The Balaban J connectivity index is 2.05. The number of carbonyl (C=O) groups excluding carboxylic acids is 3. The van der Waals surface area contributed by atoms with E-state index >= 15 is 0 Å². The molecule has 0 fully saturated rings. The number of anilines is 1. The van der Waals surface area contributed by atoms with E-state index in [0.29, 0.717) is 17.7 Å². The SMILES string of the molecule is CCc1[nH]c(C(=O)OC(C)C(=O)Nc2ccc(OC(F)(F)F)cc2)c(C)c1C(=O)OC. The highest BCUT2D eigenvalue weighted by Crippen LogP contribution is 2.24. The first kappa shape index (κ1) is 23.8. The van der Waals surface area contributed by atoms with Crippen molar-refractivity contribution in [2.45, 2.75) is 39.7 Å². The molecule has 1 amide bonds. The molecule has 1 unspecified atom stereocenters. The molecule has 11 heteroatoms. The summed E-state index contributed by atoms with van der Waals surface area (Å²) in [5.74, 6) is -2.60. The molecule has 2 aromatic rings. The smallest absolute Gasteiger partial charge is 0.465 e. The Morgan fingerprint density at radius 3 is 2.26 bits per heavy atom. The van der Waals surface area contributed by atoms with Crippen LogP contribution in [0.3, 0.4) is 0 Å². The zero-order valence-corrected chi connectivity index (χ0v) is 17.2. The fourth-order valence-corrected chi connectivity index (χ4v) is 2.76. The number of rotatable bonds is 7. The van der Waals surface area contributed by atoms with Gasteiger partial charge in [0.25, 0.3) is 5.91 Å². The molecule has 8 nitrogen and oxygen atoms in total. The van der Waals surface area contributed by atoms with Crippen LogP contribution < -0.4 is 10.1 Å². The molecule has 0 spiro atoms. The lowest BCUT2D eigenvalue weighted by Crippen LogP contribution is -2.30. The van der Waals surface area contributed by atoms with Crippen molar-refractivity contribution in [3.63, 3.8) is 0 Å². The number of benzene rings is 1. The topological polar surface area (TPSA) is 107 Å². The summed E-state index contributed by atoms with van der Waals surface area (Å²) in [7, 11) is 1.22. The van der Waals surface area contributed by atoms with Crippen molar-refractivity contribution in [3.05, 3.63) is 46.8 Å². The summed E-state index contributed by atoms with van der Waals surface area (Å²) >= 11 is 0. The molecule has 31 heavy (non-hydrogen) atoms. The Kier molecular flexibility index (Phi) is 7.32. The molecule has 0 aliphatic carbocycles. The largest absolute Gasteiger partial charge is 0.573 e. The lowest BCUT2D eigenvalue weighted by Gasteiger charge is -2.14. The van der Waals surface area contributed by atoms with E-state index in [1.54, 1.807) is 13.8 Å². The van der Waals surface area contributed by atoms with E-state index in [2.05, 4.69) is 15.0 Å². The molecule has 0 bridgehead atoms. The van der Waals surface area contributed by atoms with Crippen LogP contribution in [0.5, 0.6) is 5.75 Å². The van der Waals surface area contributed by atoms with E-state index in [9.17, 15) is 27.6 Å². The summed E-state index contributed by atoms with van der Waals surface area (Å²) < 4.78 is 50.2. The van der Waals surface area contributed by atoms with E-state index in [-0.39, 0.29) is 16.9 Å². The van der Waals surface area contributed by atoms with Crippen LogP contribution in [0.2, 0.25) is 0 Å². The molecule has 1 heterocycles. The second-order valence-electron chi connectivity index (χ2n) is 6.43. The first-order valence-corrected chi connectivity index (χ1v) is 9.14. The van der Waals surface area contributed by atoms with Gasteiger partial charge in [0.15, 0.2) is 6.10 Å². The Hall–Kier alpha value is -3.50. The first-order chi connectivity index (χ1) is 14.5. The van der Waals surface area contributed by atoms with Crippen LogP contribution in [0, 0.1) is 6.92 Å². The van der Waals surface area contributed by atoms with Gasteiger partial charge in [-0.05, 0) is 50.1 Å². The third-order valence-electron chi connectivity index (χ3n) is 4.28. The number of aryl methyl sites for hydroxylation is 1. The number of ether oxygens (including phenoxy) is 3. The molecule has 168 valence electrons. The number of hydrogen-bond acceptors (Lipinski definition) is 6. The number of methoxy groups -OCH3 is 1. The van der Waals surface area contributed by atoms with Gasteiger partial charge in [-0.1, -0.05) is 6.92 Å². The molecule has 1 aromatic carbocycles. The molecule has 0 saturated carbocycles. The monoisotopic (exact) mass is 442 g/mol. The Labute approximate surface area is 175 Å². The van der Waals surface area contributed by atoms with Crippen LogP contribution >= 0.6 is 0 Å². The average Bonchev–Trinajstić information content (AvgIpc) is 3.04. The zero-order chi connectivity index (χ0) is 23.3. The summed E-state index contributed by atoms with van der Waals surface area (Å²) in [6.07, 6.45) is -5.62. The van der Waals surface area contributed by atoms with Crippen molar-refractivity contribution in [2.24, 2.45) is 0 Å². The number of esters is 2. The Bertz CT molecular complexity index is 967. The quantitative estimate of drug-likeness (QED) is 0.633. The van der Waals surface area contributed by atoms with Crippen LogP contribution in [0.1, 0.15) is 46.0 Å². The van der Waals surface area contributed by atoms with E-state index < -0.39 is 36.1 Å². The minimum Gasteiger partial charge on any atom is -0.465 e. The summed E-state index contributed by atoms with van der Waals surface area (Å²) in [6, 6.07) is 4.48. The first-order valence-electron chi connectivity index (χ1n) is 9.14. The maximum atomic E-state index is 12.5. The number of amides is 1. The standard InChI is InChI=1S/C20H21F3N2O6/c1-5-14-15(18(27)29-4)10(2)16(25-14)19(28)30-11(3)17(26)24-12-6-8-13(9-7-12)31-20(21,22)23/h6-9,11,25H,5H2,1-4H3,(H,24,26). The number of carbonyl (C=O) groups is 3. The van der Waals surface area contributed by atoms with Gasteiger partial charge in [-0.15, -0.1) is 13.2 Å². The second-order valence-corrected chi connectivity index (χ2v) is 6.43. The lowest BCUT2D eigenvalue weighted by molar-refractivity contribution is -0.274. The maximum Gasteiger partial charge on any atom is 0.573 e. The minimum absolute atomic E-state index is 0.0190. The van der Waals surface area contributed by atoms with E-state index in [1.807, 2.05) is 0 Å². The van der Waals surface area contributed by atoms with Crippen molar-refractivity contribution in [1.29, 1.82) is 0 Å². The average molecular weight is 442 g/mol. The Morgan fingerprint density at radius 1 is 1.13 bits per heavy atom. The highest BCUT2D eigenvalue weighted by atomic mass is 19.4. The predicted molar refractivity (Wildman–Crippen MR) is 103 cm³/mol. The number of aromatic nitrogens is 1. The summed E-state index contributed by atoms with van der Waals surface area (Å²) in [6.45, 7) is 4.66. The van der Waals surface area contributed by atoms with Crippen LogP contribution in [0.4, 0.5) is 18.9 Å². The van der Waals surface area contributed by atoms with Crippen LogP contribution in [0.15, 0.2) is 24.3 Å². The number of halogens is 3. The molecule has 1 atom stereocenters. The molecule has 1 aromatic heterocycles. The lowest BCUT2D eigenvalue weighted by atomic mass is 10.1. The van der Waals surface area contributed by atoms with E-state index in [4.69, 9.17) is 9.47 Å². The van der Waals surface area contributed by atoms with Crippen molar-refractivity contribution >= 4 is 23.5 Å². The van der Waals surface area contributed by atoms with Gasteiger partial charge in [0.2, 0.25) is 0 Å². The second kappa shape index (κ2) is 9.54. The fraction of sp³-hybridized carbons (Fsp3) is 0.350. The van der Waals surface area contributed by atoms with Gasteiger partial charge in [-0.25, -0.2) is 9.59 Å². The molecular weight excluding hydrogens is 421 g/mol. The zero-order valence-electron chi connectivity index (χ0n) is 17.2. The maximum absolute atomic E-state index is 12.5. The van der Waals surface area contributed by atoms with Gasteiger partial charge < -0.3 is 24.5 Å². The van der Waals surface area contributed by atoms with Gasteiger partial charge in [0.05, 0.1) is 12.7 Å². The summed E-state index contributed by atoms with van der Waals surface area (Å²) in [4.78, 5) is 39.5. The number of hydrogen-bond donors (Lipinski definition) is 2. The highest BCUT2D eigenvalue weighted by Gasteiger charge is 2.31. The third kappa shape index (κ3) is 6.00. The van der Waals surface area contributed by atoms with Gasteiger partial charge >= 0.3 is 18.3 Å². The van der Waals surface area contributed by atoms with Crippen molar-refractivity contribution in [3.8, 4) is 5.75 Å². The summed E-state index contributed by atoms with van der Waals surface area (Å²) in [5, 5.41) is 2.42. The summed E-state index contributed by atoms with van der Waals surface area (Å²) in [5.41, 5.74) is 1.26. The molecule has 2 N–H and O–H groups in total. The molecule has 2 rings (SSSR count). The van der Waals surface area contributed by atoms with Gasteiger partial charge in [-0.2, -0.15) is 0 Å². The molecule has 0 aliphatic rings. The molecule has 0 saturated heterocycles. The normalized spacial score (nSPS) is 12.1. The Morgan fingerprint density at radius 2 is 1.74 bits per heavy atom. The molecule has 0 radical (unpaired) electrons. The minimum atomic E-state index is -4.82. The van der Waals surface area contributed by atoms with Gasteiger partial charge in [-0.3, -0.25) is 4.79 Å². The van der Waals surface area contributed by atoms with Crippen molar-refractivity contribution in [1.82, 2.24) is 4.98 Å². The van der Waals surface area contributed by atoms with Gasteiger partial charge in [0, 0.05) is 11.4 Å². The predicted octanol–water partition coefficient (Wildman–Crippen LogP) is 3.75. The fourth-order valence-electron chi connectivity index (χ4n) is 2.76. The van der Waals surface area contributed by atoms with Crippen molar-refractivity contribution in [2.75, 3.05) is 12.4 Å². The number of alkyl halides is 3. The van der Waals surface area contributed by atoms with Crippen molar-refractivity contribution < 1.29 is 41.8 Å². The third-order valence-corrected chi connectivity index (χ3v) is 4.28. The van der Waals surface area contributed by atoms with E-state index in [0.717, 1.165) is 12.1 Å². The van der Waals surface area contributed by atoms with E-state index in [1.165, 1.54) is 26.2 Å². The molecule has 0 aliphatic heterocycles. The number of H-pyrrole nitrogens is 1. The molecular formula is C20H21F3N2O6. The number of aromatic amines is 1. The van der Waals surface area contributed by atoms with Crippen LogP contribution in [0.25, 0.3) is 0 Å². The van der Waals surface area contributed by atoms with Gasteiger partial charge in [0.1, 0.15) is 11.4 Å².